The van der Waals surface area contributed by atoms with Crippen LogP contribution in [0.2, 0.25) is 0 Å². The van der Waals surface area contributed by atoms with Crippen LogP contribution in [-0.4, -0.2) is 35.7 Å². The second kappa shape index (κ2) is 6.02. The molecule has 1 aliphatic carbocycles. The number of piperidine rings is 1. The standard InChI is InChI=1S/C14H26N2O2/c1-14(8-4-5-9-16-14)13(18)15-10-11-6-2-3-7-12(11)17/h11-12,16-17H,2-10H2,1H3,(H,15,18). The summed E-state index contributed by atoms with van der Waals surface area (Å²) < 4.78 is 0. The predicted octanol–water partition coefficient (Wildman–Crippen LogP) is 1.19. The number of hydrogen-bond donors (Lipinski definition) is 3. The number of aliphatic hydroxyl groups excluding tert-OH is 1. The van der Waals surface area contributed by atoms with Crippen molar-refractivity contribution >= 4 is 5.91 Å². The summed E-state index contributed by atoms with van der Waals surface area (Å²) >= 11 is 0. The van der Waals surface area contributed by atoms with Gasteiger partial charge in [0.2, 0.25) is 5.91 Å². The maximum absolute atomic E-state index is 12.2. The molecule has 1 saturated heterocycles. The van der Waals surface area contributed by atoms with E-state index in [9.17, 15) is 9.90 Å². The molecular formula is C14H26N2O2. The predicted molar refractivity (Wildman–Crippen MR) is 71.2 cm³/mol. The van der Waals surface area contributed by atoms with Gasteiger partial charge < -0.3 is 15.7 Å². The van der Waals surface area contributed by atoms with E-state index >= 15 is 0 Å². The molecule has 0 aromatic carbocycles. The van der Waals surface area contributed by atoms with E-state index in [-0.39, 0.29) is 17.9 Å². The topological polar surface area (TPSA) is 61.4 Å². The Morgan fingerprint density at radius 2 is 2.11 bits per heavy atom. The molecule has 1 amide bonds. The van der Waals surface area contributed by atoms with Crippen molar-refractivity contribution in [2.75, 3.05) is 13.1 Å². The van der Waals surface area contributed by atoms with E-state index in [1.54, 1.807) is 0 Å². The third-order valence-electron chi connectivity index (χ3n) is 4.51. The summed E-state index contributed by atoms with van der Waals surface area (Å²) in [6, 6.07) is 0. The molecule has 4 heteroatoms. The molecule has 0 radical (unpaired) electrons. The van der Waals surface area contributed by atoms with Gasteiger partial charge in [-0.25, -0.2) is 0 Å². The Labute approximate surface area is 110 Å². The van der Waals surface area contributed by atoms with Gasteiger partial charge in [-0.1, -0.05) is 12.8 Å². The van der Waals surface area contributed by atoms with Gasteiger partial charge in [0.1, 0.15) is 0 Å². The number of amides is 1. The van der Waals surface area contributed by atoms with Crippen molar-refractivity contribution in [1.29, 1.82) is 0 Å². The van der Waals surface area contributed by atoms with Gasteiger partial charge in [-0.05, 0) is 45.6 Å². The van der Waals surface area contributed by atoms with E-state index in [0.717, 1.165) is 45.1 Å². The summed E-state index contributed by atoms with van der Waals surface area (Å²) in [5.41, 5.74) is -0.405. The fourth-order valence-corrected chi connectivity index (χ4v) is 3.10. The van der Waals surface area contributed by atoms with Gasteiger partial charge >= 0.3 is 0 Å². The van der Waals surface area contributed by atoms with Crippen LogP contribution in [-0.2, 0) is 4.79 Å². The first-order valence-corrected chi connectivity index (χ1v) is 7.33. The Hall–Kier alpha value is -0.610. The van der Waals surface area contributed by atoms with E-state index in [0.29, 0.717) is 6.54 Å². The van der Waals surface area contributed by atoms with Crippen LogP contribution in [0.3, 0.4) is 0 Å². The summed E-state index contributed by atoms with van der Waals surface area (Å²) in [7, 11) is 0. The number of carbonyl (C=O) groups excluding carboxylic acids is 1. The van der Waals surface area contributed by atoms with Gasteiger partial charge in [-0.2, -0.15) is 0 Å². The zero-order valence-corrected chi connectivity index (χ0v) is 11.4. The van der Waals surface area contributed by atoms with Crippen LogP contribution < -0.4 is 10.6 Å². The smallest absolute Gasteiger partial charge is 0.240 e. The lowest BCUT2D eigenvalue weighted by Gasteiger charge is -2.35. The van der Waals surface area contributed by atoms with Gasteiger partial charge in [-0.3, -0.25) is 4.79 Å². The van der Waals surface area contributed by atoms with Crippen molar-refractivity contribution in [3.8, 4) is 0 Å². The van der Waals surface area contributed by atoms with Crippen LogP contribution in [0.15, 0.2) is 0 Å². The minimum atomic E-state index is -0.405. The van der Waals surface area contributed by atoms with Gasteiger partial charge in [0.05, 0.1) is 11.6 Å². The number of nitrogens with one attached hydrogen (secondary N) is 2. The van der Waals surface area contributed by atoms with E-state index in [1.165, 1.54) is 6.42 Å². The van der Waals surface area contributed by atoms with Crippen LogP contribution in [0.25, 0.3) is 0 Å². The van der Waals surface area contributed by atoms with Crippen LogP contribution >= 0.6 is 0 Å². The highest BCUT2D eigenvalue weighted by molar-refractivity contribution is 5.85. The van der Waals surface area contributed by atoms with E-state index < -0.39 is 5.54 Å². The van der Waals surface area contributed by atoms with E-state index in [1.807, 2.05) is 6.92 Å². The van der Waals surface area contributed by atoms with Gasteiger partial charge in [-0.15, -0.1) is 0 Å². The zero-order valence-electron chi connectivity index (χ0n) is 11.4. The monoisotopic (exact) mass is 254 g/mol. The number of carbonyl (C=O) groups is 1. The number of hydrogen-bond acceptors (Lipinski definition) is 3. The molecular weight excluding hydrogens is 228 g/mol. The summed E-state index contributed by atoms with van der Waals surface area (Å²) in [6.45, 7) is 3.53. The average molecular weight is 254 g/mol. The SMILES string of the molecule is CC1(C(=O)NCC2CCCCC2O)CCCCN1. The molecule has 2 aliphatic rings. The molecule has 2 rings (SSSR count). The molecule has 1 heterocycles. The highest BCUT2D eigenvalue weighted by Crippen LogP contribution is 2.24. The molecule has 3 atom stereocenters. The van der Waals surface area contributed by atoms with Gasteiger partial charge in [0, 0.05) is 12.5 Å². The molecule has 2 fully saturated rings. The molecule has 3 N–H and O–H groups in total. The summed E-state index contributed by atoms with van der Waals surface area (Å²) in [5, 5.41) is 16.2. The Balaban J connectivity index is 1.80. The quantitative estimate of drug-likeness (QED) is 0.709. The largest absolute Gasteiger partial charge is 0.393 e. The zero-order chi connectivity index (χ0) is 13.0. The molecule has 0 bridgehead atoms. The minimum Gasteiger partial charge on any atom is -0.393 e. The molecule has 0 aromatic heterocycles. The van der Waals surface area contributed by atoms with E-state index in [2.05, 4.69) is 10.6 Å². The lowest BCUT2D eigenvalue weighted by Crippen LogP contribution is -2.57. The van der Waals surface area contributed by atoms with Crippen molar-refractivity contribution in [3.05, 3.63) is 0 Å². The van der Waals surface area contributed by atoms with E-state index in [4.69, 9.17) is 0 Å². The molecule has 3 unspecified atom stereocenters. The summed E-state index contributed by atoms with van der Waals surface area (Å²) in [6.07, 6.45) is 7.16. The molecule has 1 aliphatic heterocycles. The van der Waals surface area contributed by atoms with Crippen molar-refractivity contribution in [2.45, 2.75) is 63.5 Å². The van der Waals surface area contributed by atoms with Crippen LogP contribution in [0.5, 0.6) is 0 Å². The third kappa shape index (κ3) is 3.23. The molecule has 0 aromatic rings. The molecule has 18 heavy (non-hydrogen) atoms. The molecule has 4 nitrogen and oxygen atoms in total. The second-order valence-corrected chi connectivity index (χ2v) is 6.04. The highest BCUT2D eigenvalue weighted by atomic mass is 16.3. The maximum atomic E-state index is 12.2. The second-order valence-electron chi connectivity index (χ2n) is 6.04. The molecule has 0 spiro atoms. The molecule has 1 saturated carbocycles. The Kier molecular flexibility index (Phi) is 4.62. The number of aliphatic hydroxyl groups is 1. The fraction of sp³-hybridized carbons (Fsp3) is 0.929. The highest BCUT2D eigenvalue weighted by Gasteiger charge is 2.34. The minimum absolute atomic E-state index is 0.0972. The fourth-order valence-electron chi connectivity index (χ4n) is 3.10. The van der Waals surface area contributed by atoms with Crippen molar-refractivity contribution in [1.82, 2.24) is 10.6 Å². The Morgan fingerprint density at radius 1 is 1.33 bits per heavy atom. The normalized spacial score (nSPS) is 37.2. The Bertz CT molecular complexity index is 288. The average Bonchev–Trinajstić information content (AvgIpc) is 2.38. The third-order valence-corrected chi connectivity index (χ3v) is 4.51. The van der Waals surface area contributed by atoms with Crippen molar-refractivity contribution < 1.29 is 9.90 Å². The number of rotatable bonds is 3. The van der Waals surface area contributed by atoms with Crippen molar-refractivity contribution in [2.24, 2.45) is 5.92 Å². The van der Waals surface area contributed by atoms with Crippen LogP contribution in [0.1, 0.15) is 51.9 Å². The summed E-state index contributed by atoms with van der Waals surface area (Å²) in [4.78, 5) is 12.2. The van der Waals surface area contributed by atoms with Gasteiger partial charge in [0.25, 0.3) is 0 Å². The lowest BCUT2D eigenvalue weighted by molar-refractivity contribution is -0.128. The Morgan fingerprint density at radius 3 is 2.78 bits per heavy atom. The first-order chi connectivity index (χ1) is 8.62. The first kappa shape index (κ1) is 13.8. The van der Waals surface area contributed by atoms with Gasteiger partial charge in [0.15, 0.2) is 0 Å². The molecule has 104 valence electrons. The maximum Gasteiger partial charge on any atom is 0.240 e. The summed E-state index contributed by atoms with van der Waals surface area (Å²) in [5.74, 6) is 0.342. The van der Waals surface area contributed by atoms with Crippen molar-refractivity contribution in [3.63, 3.8) is 0 Å². The first-order valence-electron chi connectivity index (χ1n) is 7.33. The lowest BCUT2D eigenvalue weighted by atomic mass is 9.85. The van der Waals surface area contributed by atoms with Crippen LogP contribution in [0, 0.1) is 5.92 Å². The van der Waals surface area contributed by atoms with Crippen LogP contribution in [0.4, 0.5) is 0 Å².